The van der Waals surface area contributed by atoms with Crippen LogP contribution in [-0.4, -0.2) is 58.5 Å². The molecule has 4 rings (SSSR count). The Balaban J connectivity index is 1.40. The van der Waals surface area contributed by atoms with Gasteiger partial charge in [-0.3, -0.25) is 9.69 Å². The highest BCUT2D eigenvalue weighted by Gasteiger charge is 2.47. The van der Waals surface area contributed by atoms with Crippen LogP contribution in [0.25, 0.3) is 0 Å². The molecule has 1 aromatic carbocycles. The van der Waals surface area contributed by atoms with Crippen molar-refractivity contribution >= 4 is 17.2 Å². The zero-order valence-corrected chi connectivity index (χ0v) is 18.6. The van der Waals surface area contributed by atoms with Gasteiger partial charge in [-0.15, -0.1) is 11.3 Å². The summed E-state index contributed by atoms with van der Waals surface area (Å²) in [6.07, 6.45) is 2.30. The number of likely N-dealkylation sites (tertiary alicyclic amines) is 2. The lowest BCUT2D eigenvalue weighted by Crippen LogP contribution is -2.68. The highest BCUT2D eigenvalue weighted by atomic mass is 32.1. The summed E-state index contributed by atoms with van der Waals surface area (Å²) in [6, 6.07) is 11.1. The second kappa shape index (κ2) is 8.44. The second-order valence-corrected chi connectivity index (χ2v) is 9.73. The summed E-state index contributed by atoms with van der Waals surface area (Å²) in [5.41, 5.74) is 0.862. The molecule has 0 radical (unpaired) electrons. The number of nitrogens with zero attached hydrogens (tertiary/aromatic N) is 3. The van der Waals surface area contributed by atoms with Crippen molar-refractivity contribution in [2.75, 3.05) is 19.6 Å². The molecule has 2 saturated heterocycles. The van der Waals surface area contributed by atoms with Crippen molar-refractivity contribution in [1.29, 1.82) is 0 Å². The van der Waals surface area contributed by atoms with Crippen LogP contribution in [0.5, 0.6) is 5.75 Å². The first-order valence-corrected chi connectivity index (χ1v) is 11.5. The number of rotatable bonds is 5. The molecule has 1 aromatic heterocycles. The summed E-state index contributed by atoms with van der Waals surface area (Å²) in [5.74, 6) is 1.67. The van der Waals surface area contributed by atoms with Gasteiger partial charge in [0.15, 0.2) is 0 Å². The molecule has 0 aliphatic carbocycles. The minimum absolute atomic E-state index is 0.151. The SMILES string of the molecule is Cc1nc(C)c(C(=O)N2CCC(C3C(Oc4ccccc4)CN3C(C)C)CC2)s1. The van der Waals surface area contributed by atoms with E-state index in [1.165, 1.54) is 11.3 Å². The minimum Gasteiger partial charge on any atom is -0.487 e. The Kier molecular flexibility index (Phi) is 5.93. The summed E-state index contributed by atoms with van der Waals surface area (Å²) in [7, 11) is 0. The third-order valence-electron chi connectivity index (χ3n) is 6.26. The third kappa shape index (κ3) is 4.19. The topological polar surface area (TPSA) is 45.7 Å². The molecule has 2 aliphatic rings. The van der Waals surface area contributed by atoms with Crippen molar-refractivity contribution in [3.8, 4) is 5.75 Å². The maximum Gasteiger partial charge on any atom is 0.265 e. The van der Waals surface area contributed by atoms with E-state index in [-0.39, 0.29) is 12.0 Å². The molecular formula is C23H31N3O2S. The summed E-state index contributed by atoms with van der Waals surface area (Å²) < 4.78 is 6.33. The highest BCUT2D eigenvalue weighted by Crippen LogP contribution is 2.36. The Hall–Kier alpha value is -1.92. The Morgan fingerprint density at radius 2 is 1.86 bits per heavy atom. The third-order valence-corrected chi connectivity index (χ3v) is 7.32. The van der Waals surface area contributed by atoms with Crippen molar-refractivity contribution in [3.63, 3.8) is 0 Å². The quantitative estimate of drug-likeness (QED) is 0.739. The number of para-hydroxylation sites is 1. The van der Waals surface area contributed by atoms with Crippen LogP contribution in [0.15, 0.2) is 30.3 Å². The van der Waals surface area contributed by atoms with Crippen LogP contribution in [0, 0.1) is 19.8 Å². The van der Waals surface area contributed by atoms with Crippen LogP contribution in [0.2, 0.25) is 0 Å². The smallest absolute Gasteiger partial charge is 0.265 e. The van der Waals surface area contributed by atoms with Crippen LogP contribution in [0.3, 0.4) is 0 Å². The summed E-state index contributed by atoms with van der Waals surface area (Å²) in [4.78, 5) is 22.7. The molecule has 0 N–H and O–H groups in total. The van der Waals surface area contributed by atoms with Gasteiger partial charge in [-0.1, -0.05) is 18.2 Å². The van der Waals surface area contributed by atoms with Gasteiger partial charge in [-0.05, 0) is 58.6 Å². The van der Waals surface area contributed by atoms with Crippen molar-refractivity contribution in [3.05, 3.63) is 45.9 Å². The van der Waals surface area contributed by atoms with E-state index in [0.29, 0.717) is 18.0 Å². The maximum absolute atomic E-state index is 12.9. The number of hydrogen-bond donors (Lipinski definition) is 0. The van der Waals surface area contributed by atoms with E-state index < -0.39 is 0 Å². The van der Waals surface area contributed by atoms with Gasteiger partial charge >= 0.3 is 0 Å². The predicted octanol–water partition coefficient (Wildman–Crippen LogP) is 4.15. The number of benzene rings is 1. The van der Waals surface area contributed by atoms with Gasteiger partial charge in [0.25, 0.3) is 5.91 Å². The number of piperidine rings is 1. The van der Waals surface area contributed by atoms with Crippen molar-refractivity contribution < 1.29 is 9.53 Å². The van der Waals surface area contributed by atoms with Gasteiger partial charge in [0, 0.05) is 25.7 Å². The standard InChI is InChI=1S/C23H31N3O2S/c1-15(2)26-14-20(28-19-8-6-5-7-9-19)21(26)18-10-12-25(13-11-18)23(27)22-16(3)24-17(4)29-22/h5-9,15,18,20-21H,10-14H2,1-4H3. The fraction of sp³-hybridized carbons (Fsp3) is 0.565. The van der Waals surface area contributed by atoms with Crippen molar-refractivity contribution in [1.82, 2.24) is 14.8 Å². The van der Waals surface area contributed by atoms with Crippen LogP contribution in [-0.2, 0) is 0 Å². The van der Waals surface area contributed by atoms with E-state index in [2.05, 4.69) is 23.7 Å². The maximum atomic E-state index is 12.9. The largest absolute Gasteiger partial charge is 0.487 e. The van der Waals surface area contributed by atoms with E-state index in [4.69, 9.17) is 4.74 Å². The van der Waals surface area contributed by atoms with Gasteiger partial charge in [-0.2, -0.15) is 0 Å². The monoisotopic (exact) mass is 413 g/mol. The predicted molar refractivity (Wildman–Crippen MR) is 117 cm³/mol. The summed E-state index contributed by atoms with van der Waals surface area (Å²) in [5, 5.41) is 0.962. The zero-order valence-electron chi connectivity index (χ0n) is 17.8. The Morgan fingerprint density at radius 3 is 2.45 bits per heavy atom. The van der Waals surface area contributed by atoms with E-state index in [1.807, 2.05) is 49.1 Å². The number of thiazole rings is 1. The van der Waals surface area contributed by atoms with Crippen LogP contribution < -0.4 is 4.74 Å². The molecule has 0 bridgehead atoms. The van der Waals surface area contributed by atoms with Crippen LogP contribution in [0.1, 0.15) is 47.1 Å². The number of aromatic nitrogens is 1. The van der Waals surface area contributed by atoms with E-state index in [0.717, 1.165) is 53.8 Å². The van der Waals surface area contributed by atoms with Crippen molar-refractivity contribution in [2.45, 2.75) is 58.7 Å². The highest BCUT2D eigenvalue weighted by molar-refractivity contribution is 7.13. The molecule has 5 nitrogen and oxygen atoms in total. The lowest BCUT2D eigenvalue weighted by molar-refractivity contribution is -0.0983. The molecule has 2 aromatic rings. The molecule has 6 heteroatoms. The van der Waals surface area contributed by atoms with Gasteiger partial charge in [0.1, 0.15) is 16.7 Å². The van der Waals surface area contributed by atoms with Gasteiger partial charge in [0.2, 0.25) is 0 Å². The number of ether oxygens (including phenoxy) is 1. The van der Waals surface area contributed by atoms with E-state index in [9.17, 15) is 4.79 Å². The van der Waals surface area contributed by atoms with Crippen molar-refractivity contribution in [2.24, 2.45) is 5.92 Å². The lowest BCUT2D eigenvalue weighted by Gasteiger charge is -2.54. The van der Waals surface area contributed by atoms with Gasteiger partial charge in [0.05, 0.1) is 16.7 Å². The molecule has 2 fully saturated rings. The number of carbonyl (C=O) groups excluding carboxylic acids is 1. The first-order chi connectivity index (χ1) is 13.9. The van der Waals surface area contributed by atoms with Crippen LogP contribution in [0.4, 0.5) is 0 Å². The lowest BCUT2D eigenvalue weighted by atomic mass is 9.79. The normalized spacial score (nSPS) is 23.3. The first kappa shape index (κ1) is 20.4. The molecule has 1 amide bonds. The molecule has 3 heterocycles. The van der Waals surface area contributed by atoms with Crippen LogP contribution >= 0.6 is 11.3 Å². The average Bonchev–Trinajstić information content (AvgIpc) is 3.03. The minimum atomic E-state index is 0.151. The molecule has 2 unspecified atom stereocenters. The summed E-state index contributed by atoms with van der Waals surface area (Å²) >= 11 is 1.51. The second-order valence-electron chi connectivity index (χ2n) is 8.53. The first-order valence-electron chi connectivity index (χ1n) is 10.6. The number of aryl methyl sites for hydroxylation is 2. The van der Waals surface area contributed by atoms with E-state index in [1.54, 1.807) is 0 Å². The molecule has 2 atom stereocenters. The molecule has 0 saturated carbocycles. The van der Waals surface area contributed by atoms with Gasteiger partial charge < -0.3 is 9.64 Å². The summed E-state index contributed by atoms with van der Waals surface area (Å²) in [6.45, 7) is 11.0. The number of carbonyl (C=O) groups is 1. The number of amides is 1. The number of hydrogen-bond acceptors (Lipinski definition) is 5. The van der Waals surface area contributed by atoms with Gasteiger partial charge in [-0.25, -0.2) is 4.98 Å². The molecule has 156 valence electrons. The Labute approximate surface area is 177 Å². The Bertz CT molecular complexity index is 843. The average molecular weight is 414 g/mol. The molecular weight excluding hydrogens is 382 g/mol. The van der Waals surface area contributed by atoms with E-state index >= 15 is 0 Å². The zero-order chi connectivity index (χ0) is 20.5. The molecule has 0 spiro atoms. The molecule has 2 aliphatic heterocycles. The molecule has 29 heavy (non-hydrogen) atoms. The fourth-order valence-corrected chi connectivity index (χ4v) is 5.63. The fourth-order valence-electron chi connectivity index (χ4n) is 4.74. The Morgan fingerprint density at radius 1 is 1.17 bits per heavy atom.